The van der Waals surface area contributed by atoms with Crippen molar-refractivity contribution < 1.29 is 27.5 Å². The fourth-order valence-electron chi connectivity index (χ4n) is 1.25. The number of hydrogen-bond acceptors (Lipinski definition) is 5. The van der Waals surface area contributed by atoms with Gasteiger partial charge < -0.3 is 4.74 Å². The third-order valence-corrected chi connectivity index (χ3v) is 2.20. The number of alkyl halides is 3. The summed E-state index contributed by atoms with van der Waals surface area (Å²) in [5, 5.41) is 3.46. The van der Waals surface area contributed by atoms with E-state index in [0.29, 0.717) is 0 Å². The Hall–Kier alpha value is -2.38. The maximum absolute atomic E-state index is 12.5. The van der Waals surface area contributed by atoms with E-state index in [-0.39, 0.29) is 5.69 Å². The molecule has 0 radical (unpaired) electrons. The third kappa shape index (κ3) is 4.08. The average molecular weight is 288 g/mol. The monoisotopic (exact) mass is 288 g/mol. The molecule has 0 unspecified atom stereocenters. The molecule has 0 amide bonds. The van der Waals surface area contributed by atoms with E-state index in [0.717, 1.165) is 26.2 Å². The lowest BCUT2D eigenvalue weighted by molar-refractivity contribution is -0.137. The molecule has 0 aliphatic heterocycles. The number of rotatable bonds is 4. The highest BCUT2D eigenvalue weighted by Crippen LogP contribution is 2.30. The van der Waals surface area contributed by atoms with Gasteiger partial charge in [-0.1, -0.05) is 6.07 Å². The fraction of sp³-hybridized carbons (Fsp3) is 0.250. The molecule has 1 N–H and O–H groups in total. The SMILES string of the molecule is COC(=O)/C(=N/Nc1cccc(C(F)(F)F)c1)C(C)=O. The molecule has 1 rings (SSSR count). The van der Waals surface area contributed by atoms with Crippen LogP contribution in [-0.4, -0.2) is 24.6 Å². The van der Waals surface area contributed by atoms with Crippen molar-refractivity contribution in [2.24, 2.45) is 5.10 Å². The number of hydrogen-bond donors (Lipinski definition) is 1. The number of halogens is 3. The first-order chi connectivity index (χ1) is 9.25. The predicted molar refractivity (Wildman–Crippen MR) is 65.2 cm³/mol. The molecule has 0 aliphatic rings. The summed E-state index contributed by atoms with van der Waals surface area (Å²) in [6.45, 7) is 1.09. The first kappa shape index (κ1) is 15.7. The van der Waals surface area contributed by atoms with E-state index in [4.69, 9.17) is 0 Å². The molecule has 0 saturated carbocycles. The summed E-state index contributed by atoms with van der Waals surface area (Å²) in [5.74, 6) is -1.65. The Morgan fingerprint density at radius 3 is 2.45 bits per heavy atom. The van der Waals surface area contributed by atoms with Gasteiger partial charge in [0, 0.05) is 6.92 Å². The van der Waals surface area contributed by atoms with Crippen molar-refractivity contribution in [3.05, 3.63) is 29.8 Å². The van der Waals surface area contributed by atoms with Crippen molar-refractivity contribution in [3.63, 3.8) is 0 Å². The molecule has 0 spiro atoms. The highest BCUT2D eigenvalue weighted by Gasteiger charge is 2.30. The van der Waals surface area contributed by atoms with E-state index in [1.54, 1.807) is 0 Å². The lowest BCUT2D eigenvalue weighted by Crippen LogP contribution is -2.24. The zero-order valence-electron chi connectivity index (χ0n) is 10.6. The van der Waals surface area contributed by atoms with Crippen LogP contribution in [-0.2, 0) is 20.5 Å². The number of methoxy groups -OCH3 is 1. The molecule has 0 atom stereocenters. The number of hydrazone groups is 1. The second-order valence-electron chi connectivity index (χ2n) is 3.70. The van der Waals surface area contributed by atoms with Gasteiger partial charge in [0.15, 0.2) is 5.78 Å². The first-order valence-electron chi connectivity index (χ1n) is 5.36. The minimum absolute atomic E-state index is 0.0116. The van der Waals surface area contributed by atoms with Crippen LogP contribution < -0.4 is 5.43 Å². The van der Waals surface area contributed by atoms with Gasteiger partial charge in [0.05, 0.1) is 18.4 Å². The summed E-state index contributed by atoms with van der Waals surface area (Å²) in [6.07, 6.45) is -4.49. The van der Waals surface area contributed by atoms with Gasteiger partial charge in [-0.25, -0.2) is 4.79 Å². The Morgan fingerprint density at radius 1 is 1.30 bits per heavy atom. The highest BCUT2D eigenvalue weighted by molar-refractivity contribution is 6.64. The van der Waals surface area contributed by atoms with Gasteiger partial charge in [-0.05, 0) is 18.2 Å². The number of carbonyl (C=O) groups is 2. The number of benzene rings is 1. The Balaban J connectivity index is 2.98. The minimum atomic E-state index is -4.49. The summed E-state index contributed by atoms with van der Waals surface area (Å²) in [7, 11) is 1.06. The average Bonchev–Trinajstić information content (AvgIpc) is 2.37. The molecule has 0 fully saturated rings. The number of carbonyl (C=O) groups excluding carboxylic acids is 2. The van der Waals surface area contributed by atoms with Gasteiger partial charge in [0.2, 0.25) is 5.71 Å². The lowest BCUT2D eigenvalue weighted by Gasteiger charge is -2.08. The number of ketones is 1. The van der Waals surface area contributed by atoms with Crippen molar-refractivity contribution in [1.82, 2.24) is 0 Å². The number of nitrogens with zero attached hydrogens (tertiary/aromatic N) is 1. The van der Waals surface area contributed by atoms with Crippen LogP contribution in [0.15, 0.2) is 29.4 Å². The van der Waals surface area contributed by atoms with Crippen LogP contribution in [0.3, 0.4) is 0 Å². The number of anilines is 1. The summed E-state index contributed by atoms with van der Waals surface area (Å²) >= 11 is 0. The molecule has 0 aromatic heterocycles. The summed E-state index contributed by atoms with van der Waals surface area (Å²) in [4.78, 5) is 22.3. The number of ether oxygens (including phenoxy) is 1. The van der Waals surface area contributed by atoms with Crippen LogP contribution in [0.5, 0.6) is 0 Å². The molecule has 0 aliphatic carbocycles. The van der Waals surface area contributed by atoms with Gasteiger partial charge in [-0.3, -0.25) is 10.2 Å². The Morgan fingerprint density at radius 2 is 1.95 bits per heavy atom. The van der Waals surface area contributed by atoms with Gasteiger partial charge in [0.25, 0.3) is 0 Å². The fourth-order valence-corrected chi connectivity index (χ4v) is 1.25. The van der Waals surface area contributed by atoms with E-state index >= 15 is 0 Å². The van der Waals surface area contributed by atoms with E-state index in [1.807, 2.05) is 0 Å². The summed E-state index contributed by atoms with van der Waals surface area (Å²) in [5.41, 5.74) is 0.797. The van der Waals surface area contributed by atoms with Crippen LogP contribution >= 0.6 is 0 Å². The van der Waals surface area contributed by atoms with Gasteiger partial charge in [0.1, 0.15) is 0 Å². The van der Waals surface area contributed by atoms with Gasteiger partial charge in [-0.15, -0.1) is 0 Å². The predicted octanol–water partition coefficient (Wildman–Crippen LogP) is 2.24. The molecule has 108 valence electrons. The largest absolute Gasteiger partial charge is 0.464 e. The Kier molecular flexibility index (Phi) is 4.84. The molecule has 5 nitrogen and oxygen atoms in total. The standard InChI is InChI=1S/C12H11F3N2O3/c1-7(18)10(11(19)20-2)17-16-9-5-3-4-8(6-9)12(13,14)15/h3-6,16H,1-2H3/b17-10+. The van der Waals surface area contributed by atoms with E-state index in [9.17, 15) is 22.8 Å². The van der Waals surface area contributed by atoms with Gasteiger partial charge >= 0.3 is 12.1 Å². The summed E-state index contributed by atoms with van der Waals surface area (Å²) < 4.78 is 41.8. The molecule has 0 bridgehead atoms. The zero-order chi connectivity index (χ0) is 15.3. The minimum Gasteiger partial charge on any atom is -0.464 e. The molecule has 1 aromatic carbocycles. The maximum atomic E-state index is 12.5. The van der Waals surface area contributed by atoms with E-state index in [1.165, 1.54) is 12.1 Å². The van der Waals surface area contributed by atoms with Crippen molar-refractivity contribution >= 4 is 23.2 Å². The number of Topliss-reactive ketones (excluding diaryl/α,β-unsaturated/α-hetero) is 1. The third-order valence-electron chi connectivity index (χ3n) is 2.20. The maximum Gasteiger partial charge on any atom is 0.416 e. The Bertz CT molecular complexity index is 553. The van der Waals surface area contributed by atoms with E-state index in [2.05, 4.69) is 15.3 Å². The molecule has 20 heavy (non-hydrogen) atoms. The molecule has 1 aromatic rings. The Labute approximate surface area is 112 Å². The van der Waals surface area contributed by atoms with Crippen molar-refractivity contribution in [2.75, 3.05) is 12.5 Å². The van der Waals surface area contributed by atoms with E-state index < -0.39 is 29.2 Å². The second kappa shape index (κ2) is 6.18. The molecule has 0 heterocycles. The highest BCUT2D eigenvalue weighted by atomic mass is 19.4. The molecular formula is C12H11F3N2O3. The number of nitrogens with one attached hydrogen (secondary N) is 1. The van der Waals surface area contributed by atoms with Crippen molar-refractivity contribution in [3.8, 4) is 0 Å². The normalized spacial score (nSPS) is 11.9. The molecule has 0 saturated heterocycles. The lowest BCUT2D eigenvalue weighted by atomic mass is 10.2. The number of esters is 1. The van der Waals surface area contributed by atoms with Crippen LogP contribution in [0.2, 0.25) is 0 Å². The molecular weight excluding hydrogens is 277 g/mol. The zero-order valence-corrected chi connectivity index (χ0v) is 10.6. The smallest absolute Gasteiger partial charge is 0.416 e. The summed E-state index contributed by atoms with van der Waals surface area (Å²) in [6, 6.07) is 4.18. The second-order valence-corrected chi connectivity index (χ2v) is 3.70. The van der Waals surface area contributed by atoms with Gasteiger partial charge in [-0.2, -0.15) is 18.3 Å². The van der Waals surface area contributed by atoms with Crippen LogP contribution in [0.25, 0.3) is 0 Å². The van der Waals surface area contributed by atoms with Crippen molar-refractivity contribution in [2.45, 2.75) is 13.1 Å². The van der Waals surface area contributed by atoms with Crippen LogP contribution in [0.4, 0.5) is 18.9 Å². The molecule has 8 heteroatoms. The topological polar surface area (TPSA) is 67.8 Å². The van der Waals surface area contributed by atoms with Crippen LogP contribution in [0, 0.1) is 0 Å². The first-order valence-corrected chi connectivity index (χ1v) is 5.36. The quantitative estimate of drug-likeness (QED) is 0.399. The van der Waals surface area contributed by atoms with Crippen molar-refractivity contribution in [1.29, 1.82) is 0 Å². The van der Waals surface area contributed by atoms with Crippen LogP contribution in [0.1, 0.15) is 12.5 Å².